The number of nitrogens with one attached hydrogen (secondary N) is 2. The molecule has 0 heterocycles. The molecule has 0 aliphatic rings. The van der Waals surface area contributed by atoms with Crippen LogP contribution in [0, 0.1) is 5.41 Å². The molecule has 0 aliphatic heterocycles. The third-order valence-corrected chi connectivity index (χ3v) is 4.10. The summed E-state index contributed by atoms with van der Waals surface area (Å²) in [5.74, 6) is 0.825. The first-order chi connectivity index (χ1) is 12.6. The average Bonchev–Trinajstić information content (AvgIpc) is 2.58. The zero-order chi connectivity index (χ0) is 20.1. The molecule has 3 heteroatoms. The van der Waals surface area contributed by atoms with Gasteiger partial charge in [-0.2, -0.15) is 0 Å². The maximum absolute atomic E-state index is 4.56. The lowest BCUT2D eigenvalue weighted by molar-refractivity contribution is 0.542. The minimum atomic E-state index is 0.0122. The predicted octanol–water partition coefficient (Wildman–Crippen LogP) is 6.47. The van der Waals surface area contributed by atoms with E-state index in [2.05, 4.69) is 99.6 Å². The number of hydrogen-bond acceptors (Lipinski definition) is 2. The lowest BCUT2D eigenvalue weighted by Crippen LogP contribution is -2.24. The molecule has 2 N–H and O–H groups in total. The van der Waals surface area contributed by atoms with Gasteiger partial charge in [-0.05, 0) is 34.6 Å². The van der Waals surface area contributed by atoms with E-state index in [-0.39, 0.29) is 10.8 Å². The van der Waals surface area contributed by atoms with Crippen LogP contribution in [0.3, 0.4) is 0 Å². The number of hydrogen-bond donors (Lipinski definition) is 2. The highest BCUT2D eigenvalue weighted by molar-refractivity contribution is 6.10. The molecule has 0 saturated heterocycles. The Morgan fingerprint density at radius 1 is 0.815 bits per heavy atom. The largest absolute Gasteiger partial charge is 0.353 e. The van der Waals surface area contributed by atoms with E-state index in [0.29, 0.717) is 0 Å². The van der Waals surface area contributed by atoms with Crippen LogP contribution in [0.2, 0.25) is 0 Å². The van der Waals surface area contributed by atoms with Gasteiger partial charge in [0, 0.05) is 18.4 Å². The van der Waals surface area contributed by atoms with Gasteiger partial charge in [0.15, 0.2) is 0 Å². The van der Waals surface area contributed by atoms with Crippen molar-refractivity contribution in [3.8, 4) is 0 Å². The van der Waals surface area contributed by atoms with Crippen molar-refractivity contribution in [3.63, 3.8) is 0 Å². The van der Waals surface area contributed by atoms with E-state index in [1.165, 1.54) is 5.56 Å². The topological polar surface area (TPSA) is 36.4 Å². The average molecular weight is 364 g/mol. The SMILES string of the molecule is C/N=C(Nc1ccccc1C(C)(C)C)\C(=C/C(C)(C)C)Nc1ccccc1. The van der Waals surface area contributed by atoms with Gasteiger partial charge in [-0.25, -0.2) is 0 Å². The molecule has 0 bridgehead atoms. The van der Waals surface area contributed by atoms with Crippen molar-refractivity contribution in [3.05, 3.63) is 71.9 Å². The number of benzene rings is 2. The van der Waals surface area contributed by atoms with Crippen molar-refractivity contribution in [2.75, 3.05) is 17.7 Å². The standard InChI is InChI=1S/C24H33N3/c1-23(2,3)17-21(26-18-13-9-8-10-14-18)22(25-7)27-20-16-12-11-15-19(20)24(4,5)6/h8-17,26H,1-7H3,(H,25,27)/b21-17+. The van der Waals surface area contributed by atoms with E-state index in [1.807, 2.05) is 25.2 Å². The molecule has 0 fully saturated rings. The van der Waals surface area contributed by atoms with Gasteiger partial charge < -0.3 is 10.6 Å². The van der Waals surface area contributed by atoms with Gasteiger partial charge >= 0.3 is 0 Å². The summed E-state index contributed by atoms with van der Waals surface area (Å²) in [6, 6.07) is 18.6. The predicted molar refractivity (Wildman–Crippen MR) is 120 cm³/mol. The Morgan fingerprint density at radius 3 is 1.96 bits per heavy atom. The first-order valence-electron chi connectivity index (χ1n) is 9.49. The molecule has 0 amide bonds. The fourth-order valence-corrected chi connectivity index (χ4v) is 2.89. The summed E-state index contributed by atoms with van der Waals surface area (Å²) in [5.41, 5.74) is 4.42. The number of aliphatic imine (C=N–C) groups is 1. The zero-order valence-corrected chi connectivity index (χ0v) is 17.7. The van der Waals surface area contributed by atoms with Crippen LogP contribution >= 0.6 is 0 Å². The Kier molecular flexibility index (Phi) is 6.48. The number of anilines is 2. The second-order valence-corrected chi connectivity index (χ2v) is 8.91. The van der Waals surface area contributed by atoms with E-state index in [1.54, 1.807) is 0 Å². The molecule has 0 unspecified atom stereocenters. The molecule has 0 atom stereocenters. The van der Waals surface area contributed by atoms with E-state index in [9.17, 15) is 0 Å². The van der Waals surface area contributed by atoms with E-state index < -0.39 is 0 Å². The lowest BCUT2D eigenvalue weighted by Gasteiger charge is -2.25. The summed E-state index contributed by atoms with van der Waals surface area (Å²) in [5, 5.41) is 7.10. The lowest BCUT2D eigenvalue weighted by atomic mass is 9.85. The van der Waals surface area contributed by atoms with Gasteiger partial charge in [0.25, 0.3) is 0 Å². The zero-order valence-electron chi connectivity index (χ0n) is 17.7. The van der Waals surface area contributed by atoms with Crippen LogP contribution in [0.4, 0.5) is 11.4 Å². The summed E-state index contributed by atoms with van der Waals surface area (Å²) in [6.45, 7) is 13.3. The van der Waals surface area contributed by atoms with Crippen LogP contribution in [0.1, 0.15) is 47.1 Å². The highest BCUT2D eigenvalue weighted by Gasteiger charge is 2.20. The smallest absolute Gasteiger partial charge is 0.148 e. The van der Waals surface area contributed by atoms with Crippen LogP contribution in [0.5, 0.6) is 0 Å². The molecule has 0 saturated carbocycles. The van der Waals surface area contributed by atoms with Crippen molar-refractivity contribution in [2.45, 2.75) is 47.0 Å². The van der Waals surface area contributed by atoms with Crippen molar-refractivity contribution in [1.82, 2.24) is 0 Å². The Labute approximate surface area is 164 Å². The molecule has 0 aliphatic carbocycles. The van der Waals surface area contributed by atoms with Gasteiger partial charge in [-0.1, -0.05) is 84.0 Å². The van der Waals surface area contributed by atoms with Crippen LogP contribution in [-0.2, 0) is 5.41 Å². The summed E-state index contributed by atoms with van der Waals surface area (Å²) < 4.78 is 0. The monoisotopic (exact) mass is 363 g/mol. The first kappa shape index (κ1) is 20.8. The van der Waals surface area contributed by atoms with Crippen LogP contribution < -0.4 is 10.6 Å². The molecule has 0 spiro atoms. The van der Waals surface area contributed by atoms with Gasteiger partial charge in [0.2, 0.25) is 0 Å². The van der Waals surface area contributed by atoms with E-state index in [4.69, 9.17) is 0 Å². The van der Waals surface area contributed by atoms with Crippen molar-refractivity contribution in [1.29, 1.82) is 0 Å². The fraction of sp³-hybridized carbons (Fsp3) is 0.375. The number of para-hydroxylation sites is 2. The third kappa shape index (κ3) is 6.28. The Morgan fingerprint density at radius 2 is 1.41 bits per heavy atom. The normalized spacial score (nSPS) is 13.4. The number of allylic oxidation sites excluding steroid dienone is 1. The van der Waals surface area contributed by atoms with E-state index in [0.717, 1.165) is 22.9 Å². The highest BCUT2D eigenvalue weighted by atomic mass is 15.1. The Hall–Kier alpha value is -2.55. The second-order valence-electron chi connectivity index (χ2n) is 8.91. The van der Waals surface area contributed by atoms with Gasteiger partial charge in [-0.15, -0.1) is 0 Å². The number of amidine groups is 1. The minimum Gasteiger partial charge on any atom is -0.353 e. The van der Waals surface area contributed by atoms with Crippen LogP contribution in [0.15, 0.2) is 71.4 Å². The van der Waals surface area contributed by atoms with Crippen LogP contribution in [0.25, 0.3) is 0 Å². The molecule has 2 aromatic carbocycles. The fourth-order valence-electron chi connectivity index (χ4n) is 2.89. The second kappa shape index (κ2) is 8.43. The highest BCUT2D eigenvalue weighted by Crippen LogP contribution is 2.30. The molecule has 144 valence electrons. The molecule has 0 aromatic heterocycles. The van der Waals surface area contributed by atoms with Gasteiger partial charge in [-0.3, -0.25) is 4.99 Å². The van der Waals surface area contributed by atoms with Gasteiger partial charge in [0.1, 0.15) is 5.84 Å². The molecular weight excluding hydrogens is 330 g/mol. The maximum atomic E-state index is 4.56. The summed E-state index contributed by atoms with van der Waals surface area (Å²) in [7, 11) is 1.82. The first-order valence-corrected chi connectivity index (χ1v) is 9.49. The molecule has 2 rings (SSSR count). The number of rotatable bonds is 4. The molecular formula is C24H33N3. The minimum absolute atomic E-state index is 0.0122. The molecule has 0 radical (unpaired) electrons. The maximum Gasteiger partial charge on any atom is 0.148 e. The number of nitrogens with zero attached hydrogens (tertiary/aromatic N) is 1. The van der Waals surface area contributed by atoms with Gasteiger partial charge in [0.05, 0.1) is 5.70 Å². The summed E-state index contributed by atoms with van der Waals surface area (Å²) >= 11 is 0. The van der Waals surface area contributed by atoms with Crippen molar-refractivity contribution >= 4 is 17.2 Å². The third-order valence-electron chi connectivity index (χ3n) is 4.10. The summed E-state index contributed by atoms with van der Waals surface area (Å²) in [6.07, 6.45) is 2.22. The van der Waals surface area contributed by atoms with Crippen molar-refractivity contribution < 1.29 is 0 Å². The Balaban J connectivity index is 2.41. The quantitative estimate of drug-likeness (QED) is 0.482. The molecule has 2 aromatic rings. The van der Waals surface area contributed by atoms with Crippen LogP contribution in [-0.4, -0.2) is 12.9 Å². The van der Waals surface area contributed by atoms with E-state index >= 15 is 0 Å². The Bertz CT molecular complexity index is 804. The molecule has 27 heavy (non-hydrogen) atoms. The van der Waals surface area contributed by atoms with Crippen molar-refractivity contribution in [2.24, 2.45) is 10.4 Å². The summed E-state index contributed by atoms with van der Waals surface area (Å²) in [4.78, 5) is 4.56. The molecule has 3 nitrogen and oxygen atoms in total.